The number of imidazole rings is 1. The molecular formula is C33H52N7O17P3S. The molecule has 61 heavy (non-hydrogen) atoms. The molecule has 1 fully saturated rings. The van der Waals surface area contributed by atoms with Crippen LogP contribution in [0.2, 0.25) is 0 Å². The minimum absolute atomic E-state index is 0.000928. The summed E-state index contributed by atoms with van der Waals surface area (Å²) < 4.78 is 62.2. The number of hydrogen-bond acceptors (Lipinski definition) is 18. The van der Waals surface area contributed by atoms with E-state index in [4.69, 9.17) is 19.5 Å². The van der Waals surface area contributed by atoms with Gasteiger partial charge in [-0.15, -0.1) is 0 Å². The number of aliphatic hydroxyl groups is 2. The van der Waals surface area contributed by atoms with Crippen LogP contribution in [0.3, 0.4) is 0 Å². The average Bonchev–Trinajstić information content (AvgIpc) is 3.73. The van der Waals surface area contributed by atoms with E-state index in [9.17, 15) is 57.9 Å². The van der Waals surface area contributed by atoms with E-state index in [1.807, 2.05) is 43.4 Å². The molecule has 24 nitrogen and oxygen atoms in total. The quantitative estimate of drug-likeness (QED) is 0.0369. The fourth-order valence-electron chi connectivity index (χ4n) is 5.25. The van der Waals surface area contributed by atoms with Crippen LogP contribution >= 0.6 is 35.2 Å². The van der Waals surface area contributed by atoms with Crippen LogP contribution < -0.4 is 16.4 Å². The number of aliphatic hydroxyl groups excluding tert-OH is 2. The number of unbranched alkanes of at least 4 members (excludes halogenated alkanes) is 1. The number of hydrogen-bond donors (Lipinski definition) is 9. The number of allylic oxidation sites excluding steroid dienone is 6. The summed E-state index contributed by atoms with van der Waals surface area (Å²) in [6, 6.07) is 0. The van der Waals surface area contributed by atoms with Crippen LogP contribution in [0.25, 0.3) is 11.2 Å². The van der Waals surface area contributed by atoms with Crippen molar-refractivity contribution in [1.29, 1.82) is 0 Å². The maximum atomic E-state index is 12.7. The minimum atomic E-state index is -5.58. The van der Waals surface area contributed by atoms with Crippen molar-refractivity contribution in [2.24, 2.45) is 5.41 Å². The predicted octanol–water partition coefficient (Wildman–Crippen LogP) is 1.91. The molecule has 2 aromatic heterocycles. The Morgan fingerprint density at radius 2 is 1.69 bits per heavy atom. The molecule has 0 spiro atoms. The van der Waals surface area contributed by atoms with Gasteiger partial charge in [0.1, 0.15) is 36.3 Å². The zero-order valence-corrected chi connectivity index (χ0v) is 36.9. The van der Waals surface area contributed by atoms with Gasteiger partial charge in [0.25, 0.3) is 0 Å². The number of phosphoric acid groups is 3. The third-order valence-corrected chi connectivity index (χ3v) is 12.4. The number of phosphoric ester groups is 3. The first-order valence-corrected chi connectivity index (χ1v) is 24.1. The van der Waals surface area contributed by atoms with Crippen LogP contribution in [0, 0.1) is 5.41 Å². The van der Waals surface area contributed by atoms with Gasteiger partial charge in [-0.25, -0.2) is 28.6 Å². The molecule has 28 heteroatoms. The van der Waals surface area contributed by atoms with E-state index in [1.165, 1.54) is 13.8 Å². The molecule has 10 N–H and O–H groups in total. The number of fused-ring (bicyclic) bond motifs is 1. The highest BCUT2D eigenvalue weighted by Crippen LogP contribution is 2.61. The zero-order chi connectivity index (χ0) is 45.4. The fourth-order valence-corrected chi connectivity index (χ4v) is 8.80. The number of rotatable bonds is 26. The van der Waals surface area contributed by atoms with Crippen molar-refractivity contribution in [2.75, 3.05) is 37.8 Å². The van der Waals surface area contributed by atoms with Gasteiger partial charge in [0.2, 0.25) is 11.8 Å². The van der Waals surface area contributed by atoms with Crippen LogP contribution in [0.5, 0.6) is 0 Å². The Bertz CT molecular complexity index is 2030. The second kappa shape index (κ2) is 24.0. The molecule has 0 aliphatic carbocycles. The van der Waals surface area contributed by atoms with E-state index in [2.05, 4.69) is 34.4 Å². The summed E-state index contributed by atoms with van der Waals surface area (Å²) in [6.45, 7) is 2.55. The lowest BCUT2D eigenvalue weighted by Crippen LogP contribution is -2.46. The van der Waals surface area contributed by atoms with Gasteiger partial charge >= 0.3 is 23.5 Å². The third-order valence-electron chi connectivity index (χ3n) is 8.36. The number of aromatic nitrogens is 4. The predicted molar refractivity (Wildman–Crippen MR) is 219 cm³/mol. The van der Waals surface area contributed by atoms with Gasteiger partial charge in [-0.3, -0.25) is 32.5 Å². The number of nitrogen functional groups attached to an aromatic ring is 1. The number of nitrogens with zero attached hydrogens (tertiary/aromatic N) is 4. The Hall–Kier alpha value is -3.22. The lowest BCUT2D eigenvalue weighted by Gasteiger charge is -2.30. The topological polar surface area (TPSA) is 364 Å². The number of carbonyl (C=O) groups is 3. The highest BCUT2D eigenvalue weighted by molar-refractivity contribution is 8.13. The number of nitrogens with two attached hydrogens (primary N) is 1. The number of anilines is 1. The number of nitrogens with one attached hydrogen (secondary N) is 2. The summed E-state index contributed by atoms with van der Waals surface area (Å²) in [5, 5.41) is 26.5. The first-order chi connectivity index (χ1) is 28.6. The number of thioether (sulfide) groups is 1. The van der Waals surface area contributed by atoms with E-state index >= 15 is 0 Å². The second-order valence-corrected chi connectivity index (χ2v) is 19.2. The smallest absolute Gasteiger partial charge is 0.386 e. The van der Waals surface area contributed by atoms with Crippen molar-refractivity contribution in [2.45, 2.75) is 83.5 Å². The van der Waals surface area contributed by atoms with Crippen LogP contribution in [0.4, 0.5) is 5.82 Å². The monoisotopic (exact) mass is 943 g/mol. The second-order valence-electron chi connectivity index (χ2n) is 13.8. The Balaban J connectivity index is 1.40. The van der Waals surface area contributed by atoms with Gasteiger partial charge in [0.15, 0.2) is 22.8 Å². The Morgan fingerprint density at radius 1 is 1.00 bits per heavy atom. The Labute approximate surface area is 354 Å². The molecule has 0 radical (unpaired) electrons. The summed E-state index contributed by atoms with van der Waals surface area (Å²) in [6.07, 6.45) is 7.64. The first kappa shape index (κ1) is 52.1. The molecule has 0 bridgehead atoms. The van der Waals surface area contributed by atoms with Crippen molar-refractivity contribution < 1.29 is 80.5 Å². The van der Waals surface area contributed by atoms with Crippen molar-refractivity contribution in [3.05, 3.63) is 49.1 Å². The van der Waals surface area contributed by atoms with Gasteiger partial charge in [0, 0.05) is 37.1 Å². The fraction of sp³-hybridized carbons (Fsp3) is 0.576. The lowest BCUT2D eigenvalue weighted by atomic mass is 9.87. The summed E-state index contributed by atoms with van der Waals surface area (Å²) >= 11 is 1.10. The van der Waals surface area contributed by atoms with E-state index in [1.54, 1.807) is 0 Å². The lowest BCUT2D eigenvalue weighted by molar-refractivity contribution is -0.137. The molecule has 342 valence electrons. The number of ether oxygens (including phenoxy) is 1. The molecule has 1 aliphatic rings. The van der Waals surface area contributed by atoms with Gasteiger partial charge in [-0.05, 0) is 19.3 Å². The highest BCUT2D eigenvalue weighted by atomic mass is 32.2. The summed E-state index contributed by atoms with van der Waals surface area (Å²) in [7, 11) is -16.4. The third kappa shape index (κ3) is 17.8. The summed E-state index contributed by atoms with van der Waals surface area (Å²) in [5.41, 5.74) is 4.26. The SMILES string of the molecule is CC/C=C/C=C/C=C/CCCC(=O)SCCNC(=O)CCNC(=O)C(O)C(C)(C)COP(=O)(O)OP(=O)(O)OCC1OC(n2cnc3c(N)ncnc32)C(O)C1OP(=O)(O)O. The molecule has 2 aromatic rings. The summed E-state index contributed by atoms with van der Waals surface area (Å²) in [5.74, 6) is -1.09. The van der Waals surface area contributed by atoms with Crippen molar-refractivity contribution in [3.8, 4) is 0 Å². The van der Waals surface area contributed by atoms with Gasteiger partial charge < -0.3 is 50.9 Å². The molecule has 1 aliphatic heterocycles. The number of carbonyl (C=O) groups excluding carboxylic acids is 3. The van der Waals surface area contributed by atoms with E-state index in [-0.39, 0.29) is 41.6 Å². The molecule has 0 aromatic carbocycles. The maximum Gasteiger partial charge on any atom is 0.481 e. The van der Waals surface area contributed by atoms with Gasteiger partial charge in [-0.2, -0.15) is 4.31 Å². The van der Waals surface area contributed by atoms with Crippen molar-refractivity contribution >= 4 is 69.1 Å². The highest BCUT2D eigenvalue weighted by Gasteiger charge is 2.50. The van der Waals surface area contributed by atoms with Crippen molar-refractivity contribution in [1.82, 2.24) is 30.2 Å². The zero-order valence-electron chi connectivity index (χ0n) is 33.4. The Kier molecular flexibility index (Phi) is 20.5. The maximum absolute atomic E-state index is 12.7. The largest absolute Gasteiger partial charge is 0.481 e. The standard InChI is InChI=1S/C33H52N7O17P3S/c1-4-5-6-7-8-9-10-11-12-13-24(42)61-17-16-35-23(41)14-15-36-31(45)28(44)33(2,3)19-54-60(51,52)57-59(49,50)53-18-22-27(56-58(46,47)48)26(43)32(55-22)40-21-39-25-29(34)37-20-38-30(25)40/h5-10,20-22,26-28,32,43-44H,4,11-19H2,1-3H3,(H,35,41)(H,36,45)(H,49,50)(H,51,52)(H2,34,37,38)(H2,46,47,48)/b6-5+,8-7+,10-9+. The van der Waals surface area contributed by atoms with Crippen LogP contribution in [0.15, 0.2) is 49.1 Å². The normalized spacial score (nSPS) is 21.3. The van der Waals surface area contributed by atoms with Crippen molar-refractivity contribution in [3.63, 3.8) is 0 Å². The van der Waals surface area contributed by atoms with Crippen LogP contribution in [-0.2, 0) is 50.7 Å². The molecule has 7 unspecified atom stereocenters. The molecular weight excluding hydrogens is 891 g/mol. The van der Waals surface area contributed by atoms with Gasteiger partial charge in [-0.1, -0.05) is 69.0 Å². The van der Waals surface area contributed by atoms with Crippen LogP contribution in [-0.4, -0.2) is 123 Å². The summed E-state index contributed by atoms with van der Waals surface area (Å²) in [4.78, 5) is 87.9. The van der Waals surface area contributed by atoms with E-state index < -0.39 is 84.6 Å². The van der Waals surface area contributed by atoms with E-state index in [0.29, 0.717) is 18.6 Å². The van der Waals surface area contributed by atoms with E-state index in [0.717, 1.165) is 41.8 Å². The average molecular weight is 944 g/mol. The molecule has 0 saturated carbocycles. The van der Waals surface area contributed by atoms with Gasteiger partial charge in [0.05, 0.1) is 19.5 Å². The first-order valence-electron chi connectivity index (χ1n) is 18.6. The number of amides is 2. The molecule has 7 atom stereocenters. The molecule has 2 amide bonds. The molecule has 3 rings (SSSR count). The molecule has 3 heterocycles. The Morgan fingerprint density at radius 3 is 2.38 bits per heavy atom. The minimum Gasteiger partial charge on any atom is -0.386 e. The molecule has 1 saturated heterocycles. The van der Waals surface area contributed by atoms with Crippen LogP contribution in [0.1, 0.15) is 59.1 Å².